The lowest BCUT2D eigenvalue weighted by Crippen LogP contribution is -2.36. The lowest BCUT2D eigenvalue weighted by Gasteiger charge is -2.29. The van der Waals surface area contributed by atoms with Gasteiger partial charge >= 0.3 is 0 Å². The minimum absolute atomic E-state index is 0.0257. The molecule has 2 heterocycles. The quantitative estimate of drug-likeness (QED) is 0.419. The minimum Gasteiger partial charge on any atom is -0.380 e. The number of nitrogens with zero attached hydrogens (tertiary/aromatic N) is 5. The van der Waals surface area contributed by atoms with Gasteiger partial charge in [-0.15, -0.1) is 0 Å². The monoisotopic (exact) mass is 410 g/mol. The number of hydrogen-bond acceptors (Lipinski definition) is 9. The lowest BCUT2D eigenvalue weighted by molar-refractivity contribution is -0.384. The molecule has 0 radical (unpaired) electrons. The summed E-state index contributed by atoms with van der Waals surface area (Å²) in [6, 6.07) is 8.57. The second-order valence-corrected chi connectivity index (χ2v) is 6.66. The number of aromatic nitrogens is 1. The van der Waals surface area contributed by atoms with Gasteiger partial charge in [0.05, 0.1) is 31.0 Å². The number of ether oxygens (including phenoxy) is 2. The first-order chi connectivity index (χ1) is 14.5. The van der Waals surface area contributed by atoms with Gasteiger partial charge in [0.1, 0.15) is 11.6 Å². The molecule has 1 fully saturated rings. The number of nitro benzene ring substituents is 1. The smallest absolute Gasteiger partial charge is 0.270 e. The molecule has 1 aliphatic heterocycles. The fraction of sp³-hybridized carbons (Fsp3) is 0.350. The molecule has 0 unspecified atom stereocenters. The number of pyridine rings is 1. The third-order valence-electron chi connectivity index (χ3n) is 4.59. The first-order valence-corrected chi connectivity index (χ1v) is 9.33. The Kier molecular flexibility index (Phi) is 6.90. The van der Waals surface area contributed by atoms with Crippen molar-refractivity contribution in [1.29, 1.82) is 5.26 Å². The summed E-state index contributed by atoms with van der Waals surface area (Å²) in [6.07, 6.45) is 1.50. The van der Waals surface area contributed by atoms with Crippen molar-refractivity contribution in [1.82, 2.24) is 4.98 Å². The van der Waals surface area contributed by atoms with Gasteiger partial charge in [0.25, 0.3) is 5.69 Å². The summed E-state index contributed by atoms with van der Waals surface area (Å²) >= 11 is 0. The molecule has 0 spiro atoms. The van der Waals surface area contributed by atoms with Gasteiger partial charge in [-0.25, -0.2) is 4.98 Å². The number of methoxy groups -OCH3 is 1. The predicted octanol–water partition coefficient (Wildman–Crippen LogP) is 2.60. The molecule has 10 heteroatoms. The normalized spacial score (nSPS) is 14.0. The summed E-state index contributed by atoms with van der Waals surface area (Å²) in [4.78, 5) is 17.2. The molecule has 1 aromatic carbocycles. The van der Waals surface area contributed by atoms with Crippen molar-refractivity contribution in [3.63, 3.8) is 0 Å². The molecule has 10 nitrogen and oxygen atoms in total. The molecule has 0 amide bonds. The number of rotatable bonds is 7. The van der Waals surface area contributed by atoms with Crippen molar-refractivity contribution >= 4 is 23.4 Å². The molecule has 2 aromatic rings. The second-order valence-electron chi connectivity index (χ2n) is 6.66. The molecule has 1 aromatic heterocycles. The van der Waals surface area contributed by atoms with Crippen molar-refractivity contribution < 1.29 is 14.4 Å². The van der Waals surface area contributed by atoms with Gasteiger partial charge in [0.15, 0.2) is 5.82 Å². The zero-order chi connectivity index (χ0) is 21.5. The highest BCUT2D eigenvalue weighted by Crippen LogP contribution is 2.25. The van der Waals surface area contributed by atoms with Gasteiger partial charge in [0.2, 0.25) is 0 Å². The number of hydrogen-bond donors (Lipinski definition) is 1. The molecular formula is C20H22N6O4. The molecule has 0 aliphatic carbocycles. The summed E-state index contributed by atoms with van der Waals surface area (Å²) in [7, 11) is 1.55. The molecule has 156 valence electrons. The van der Waals surface area contributed by atoms with E-state index in [0.717, 1.165) is 5.69 Å². The molecule has 0 saturated carbocycles. The van der Waals surface area contributed by atoms with E-state index >= 15 is 0 Å². The fourth-order valence-electron chi connectivity index (χ4n) is 3.23. The van der Waals surface area contributed by atoms with Gasteiger partial charge in [0, 0.05) is 54.8 Å². The third-order valence-corrected chi connectivity index (χ3v) is 4.59. The van der Waals surface area contributed by atoms with Gasteiger partial charge in [-0.3, -0.25) is 15.5 Å². The number of hydrazone groups is 1. The second kappa shape index (κ2) is 9.78. The third kappa shape index (κ3) is 4.89. The van der Waals surface area contributed by atoms with Crippen LogP contribution in [0.1, 0.15) is 22.4 Å². The maximum Gasteiger partial charge on any atom is 0.270 e. The van der Waals surface area contributed by atoms with E-state index in [1.54, 1.807) is 19.2 Å². The van der Waals surface area contributed by atoms with Crippen LogP contribution in [-0.2, 0) is 16.1 Å². The molecule has 1 N–H and O–H groups in total. The maximum absolute atomic E-state index is 11.2. The number of anilines is 2. The van der Waals surface area contributed by atoms with Crippen LogP contribution < -0.4 is 10.3 Å². The van der Waals surface area contributed by atoms with Gasteiger partial charge in [-0.05, 0) is 19.1 Å². The van der Waals surface area contributed by atoms with Gasteiger partial charge in [-0.1, -0.05) is 0 Å². The number of nitriles is 1. The summed E-state index contributed by atoms with van der Waals surface area (Å²) in [6.45, 7) is 4.64. The summed E-state index contributed by atoms with van der Waals surface area (Å²) in [5, 5.41) is 24.9. The molecule has 3 rings (SSSR count). The highest BCUT2D eigenvalue weighted by Gasteiger charge is 2.17. The molecule has 1 saturated heterocycles. The summed E-state index contributed by atoms with van der Waals surface area (Å²) < 4.78 is 10.5. The van der Waals surface area contributed by atoms with Crippen LogP contribution in [0.15, 0.2) is 29.4 Å². The van der Waals surface area contributed by atoms with Crippen LogP contribution in [0.5, 0.6) is 0 Å². The van der Waals surface area contributed by atoms with Crippen LogP contribution in [0.2, 0.25) is 0 Å². The van der Waals surface area contributed by atoms with Crippen LogP contribution in [0.3, 0.4) is 0 Å². The Labute approximate surface area is 173 Å². The number of benzene rings is 1. The largest absolute Gasteiger partial charge is 0.380 e. The summed E-state index contributed by atoms with van der Waals surface area (Å²) in [5.41, 5.74) is 5.94. The first-order valence-electron chi connectivity index (χ1n) is 9.33. The highest BCUT2D eigenvalue weighted by atomic mass is 16.6. The van der Waals surface area contributed by atoms with E-state index in [2.05, 4.69) is 26.5 Å². The minimum atomic E-state index is -0.444. The average Bonchev–Trinajstić information content (AvgIpc) is 2.74. The lowest BCUT2D eigenvalue weighted by atomic mass is 10.1. The number of non-ortho nitro benzene ring substituents is 1. The average molecular weight is 410 g/mol. The standard InChI is InChI=1S/C20H22N6O4/c1-14-9-16(13-29-2)18(11-21)20(23-14)24-22-12-15-10-17(26(27)28)3-4-19(15)25-5-7-30-8-6-25/h3-4,9-10,12H,5-8,13H2,1-2H3,(H,23,24). The van der Waals surface area contributed by atoms with E-state index in [0.29, 0.717) is 54.5 Å². The molecule has 0 atom stereocenters. The summed E-state index contributed by atoms with van der Waals surface area (Å²) in [5.74, 6) is 0.305. The van der Waals surface area contributed by atoms with Crippen molar-refractivity contribution in [3.05, 3.63) is 56.8 Å². The van der Waals surface area contributed by atoms with Crippen LogP contribution in [0.25, 0.3) is 0 Å². The van der Waals surface area contributed by atoms with Crippen LogP contribution in [0, 0.1) is 28.4 Å². The van der Waals surface area contributed by atoms with Crippen LogP contribution in [0.4, 0.5) is 17.2 Å². The van der Waals surface area contributed by atoms with E-state index in [9.17, 15) is 15.4 Å². The number of nitrogens with one attached hydrogen (secondary N) is 1. The molecular weight excluding hydrogens is 388 g/mol. The van der Waals surface area contributed by atoms with E-state index in [1.807, 2.05) is 6.92 Å². The van der Waals surface area contributed by atoms with Crippen LogP contribution in [-0.4, -0.2) is 49.5 Å². The Morgan fingerprint density at radius 1 is 1.43 bits per heavy atom. The van der Waals surface area contributed by atoms with Crippen molar-refractivity contribution in [2.45, 2.75) is 13.5 Å². The van der Waals surface area contributed by atoms with E-state index in [1.165, 1.54) is 18.3 Å². The Balaban J connectivity index is 1.91. The SMILES string of the molecule is COCc1cc(C)nc(NN=Cc2cc([N+](=O)[O-])ccc2N2CCOCC2)c1C#N. The van der Waals surface area contributed by atoms with Gasteiger partial charge < -0.3 is 14.4 Å². The number of nitro groups is 1. The van der Waals surface area contributed by atoms with Crippen molar-refractivity contribution in [2.24, 2.45) is 5.10 Å². The van der Waals surface area contributed by atoms with E-state index in [-0.39, 0.29) is 12.3 Å². The molecule has 30 heavy (non-hydrogen) atoms. The Morgan fingerprint density at radius 2 is 2.20 bits per heavy atom. The Morgan fingerprint density at radius 3 is 2.87 bits per heavy atom. The predicted molar refractivity (Wildman–Crippen MR) is 112 cm³/mol. The fourth-order valence-corrected chi connectivity index (χ4v) is 3.23. The zero-order valence-corrected chi connectivity index (χ0v) is 16.8. The maximum atomic E-state index is 11.2. The van der Waals surface area contributed by atoms with E-state index < -0.39 is 4.92 Å². The first kappa shape index (κ1) is 21.2. The molecule has 0 bridgehead atoms. The molecule has 1 aliphatic rings. The highest BCUT2D eigenvalue weighted by molar-refractivity contribution is 5.89. The number of aryl methyl sites for hydroxylation is 1. The Bertz CT molecular complexity index is 996. The number of morpholine rings is 1. The Hall–Kier alpha value is -3.55. The van der Waals surface area contributed by atoms with Crippen LogP contribution >= 0.6 is 0 Å². The zero-order valence-electron chi connectivity index (χ0n) is 16.8. The van der Waals surface area contributed by atoms with Crippen molar-refractivity contribution in [2.75, 3.05) is 43.7 Å². The van der Waals surface area contributed by atoms with Gasteiger partial charge in [-0.2, -0.15) is 10.4 Å². The van der Waals surface area contributed by atoms with Crippen molar-refractivity contribution in [3.8, 4) is 6.07 Å². The van der Waals surface area contributed by atoms with E-state index in [4.69, 9.17) is 9.47 Å². The topological polar surface area (TPSA) is 126 Å².